The molecule has 1 fully saturated rings. The van der Waals surface area contributed by atoms with Gasteiger partial charge < -0.3 is 4.57 Å². The van der Waals surface area contributed by atoms with Crippen molar-refractivity contribution in [1.82, 2.24) is 14.5 Å². The molecule has 0 radical (unpaired) electrons. The van der Waals surface area contributed by atoms with Crippen LogP contribution in [0.4, 0.5) is 13.2 Å². The van der Waals surface area contributed by atoms with E-state index in [2.05, 4.69) is 35.5 Å². The highest BCUT2D eigenvalue weighted by Crippen LogP contribution is 2.37. The van der Waals surface area contributed by atoms with Crippen molar-refractivity contribution in [2.45, 2.75) is 44.9 Å². The van der Waals surface area contributed by atoms with Crippen LogP contribution in [-0.4, -0.2) is 14.5 Å². The predicted molar refractivity (Wildman–Crippen MR) is 104 cm³/mol. The molecule has 8 heteroatoms. The van der Waals surface area contributed by atoms with Crippen LogP contribution >= 0.6 is 15.9 Å². The van der Waals surface area contributed by atoms with Crippen LogP contribution in [0.15, 0.2) is 46.4 Å². The molecule has 0 amide bonds. The Morgan fingerprint density at radius 3 is 2.68 bits per heavy atom. The van der Waals surface area contributed by atoms with Crippen LogP contribution in [0.5, 0.6) is 0 Å². The van der Waals surface area contributed by atoms with Crippen molar-refractivity contribution in [3.63, 3.8) is 0 Å². The summed E-state index contributed by atoms with van der Waals surface area (Å²) in [5, 5.41) is 0.827. The quantitative estimate of drug-likeness (QED) is 0.493. The maximum atomic E-state index is 13.2. The summed E-state index contributed by atoms with van der Waals surface area (Å²) in [5.74, 6) is 0. The molecule has 1 saturated carbocycles. The van der Waals surface area contributed by atoms with E-state index in [0.717, 1.165) is 29.8 Å². The number of hydrogen-bond acceptors (Lipinski definition) is 3. The Kier molecular flexibility index (Phi) is 4.77. The molecule has 1 aliphatic carbocycles. The lowest BCUT2D eigenvalue weighted by Crippen LogP contribution is -2.16. The summed E-state index contributed by atoms with van der Waals surface area (Å²) >= 11 is 3.38. The Morgan fingerprint density at radius 2 is 2.00 bits per heavy atom. The number of pyridine rings is 1. The number of rotatable bonds is 3. The molecule has 1 aliphatic rings. The third-order valence-electron chi connectivity index (χ3n) is 5.06. The Morgan fingerprint density at radius 1 is 1.25 bits per heavy atom. The molecular weight excluding hydrogens is 433 g/mol. The summed E-state index contributed by atoms with van der Waals surface area (Å²) in [5.41, 5.74) is 1.53. The molecule has 0 aliphatic heterocycles. The first-order valence-electron chi connectivity index (χ1n) is 8.98. The number of fused-ring (bicyclic) bond motifs is 1. The lowest BCUT2D eigenvalue weighted by molar-refractivity contribution is -0.138. The largest absolute Gasteiger partial charge is 0.416 e. The zero-order valence-electron chi connectivity index (χ0n) is 15.3. The molecule has 146 valence electrons. The van der Waals surface area contributed by atoms with Gasteiger partial charge in [0, 0.05) is 11.4 Å². The van der Waals surface area contributed by atoms with Gasteiger partial charge in [0.2, 0.25) is 0 Å². The highest BCUT2D eigenvalue weighted by atomic mass is 79.9. The molecule has 0 N–H and O–H groups in total. The second-order valence-corrected chi connectivity index (χ2v) is 7.87. The van der Waals surface area contributed by atoms with E-state index in [-0.39, 0.29) is 5.56 Å². The fourth-order valence-corrected chi connectivity index (χ4v) is 3.80. The van der Waals surface area contributed by atoms with Gasteiger partial charge in [-0.1, -0.05) is 12.1 Å². The van der Waals surface area contributed by atoms with E-state index in [9.17, 15) is 13.2 Å². The highest BCUT2D eigenvalue weighted by Gasteiger charge is 2.33. The van der Waals surface area contributed by atoms with Gasteiger partial charge in [-0.2, -0.15) is 13.2 Å². The smallest absolute Gasteiger partial charge is 0.327 e. The Labute approximate surface area is 168 Å². The van der Waals surface area contributed by atoms with E-state index >= 15 is 0 Å². The maximum Gasteiger partial charge on any atom is 0.416 e. The number of nitrogens with zero attached hydrogens (tertiary/aromatic N) is 4. The van der Waals surface area contributed by atoms with E-state index in [0.29, 0.717) is 21.7 Å². The van der Waals surface area contributed by atoms with Gasteiger partial charge in [0.1, 0.15) is 4.60 Å². The lowest BCUT2D eigenvalue weighted by Gasteiger charge is -2.16. The van der Waals surface area contributed by atoms with Crippen molar-refractivity contribution in [3.8, 4) is 0 Å². The van der Waals surface area contributed by atoms with Gasteiger partial charge in [0.15, 0.2) is 5.49 Å². The average Bonchev–Trinajstić information content (AvgIpc) is 3.46. The topological polar surface area (TPSA) is 43.1 Å². The van der Waals surface area contributed by atoms with E-state index in [1.807, 2.05) is 6.07 Å². The van der Waals surface area contributed by atoms with Crippen molar-refractivity contribution in [1.29, 1.82) is 0 Å². The highest BCUT2D eigenvalue weighted by molar-refractivity contribution is 9.10. The van der Waals surface area contributed by atoms with Gasteiger partial charge in [-0.25, -0.2) is 9.97 Å². The third kappa shape index (κ3) is 3.57. The summed E-state index contributed by atoms with van der Waals surface area (Å²) in [7, 11) is 0. The summed E-state index contributed by atoms with van der Waals surface area (Å²) in [6.45, 7) is 3.27. The van der Waals surface area contributed by atoms with Crippen LogP contribution in [0.1, 0.15) is 48.5 Å². The van der Waals surface area contributed by atoms with Crippen LogP contribution in [0.25, 0.3) is 10.9 Å². The average molecular weight is 451 g/mol. The first-order chi connectivity index (χ1) is 13.3. The van der Waals surface area contributed by atoms with Gasteiger partial charge in [0.05, 0.1) is 29.6 Å². The molecule has 0 bridgehead atoms. The molecule has 0 unspecified atom stereocenters. The van der Waals surface area contributed by atoms with Crippen LogP contribution in [0.2, 0.25) is 0 Å². The fraction of sp³-hybridized carbons (Fsp3) is 0.350. The lowest BCUT2D eigenvalue weighted by atomic mass is 9.97. The molecule has 28 heavy (non-hydrogen) atoms. The monoisotopic (exact) mass is 450 g/mol. The second kappa shape index (κ2) is 6.99. The summed E-state index contributed by atoms with van der Waals surface area (Å²) in [6, 6.07) is 6.02. The van der Waals surface area contributed by atoms with Gasteiger partial charge in [-0.15, -0.1) is 0 Å². The molecule has 4 nitrogen and oxygen atoms in total. The van der Waals surface area contributed by atoms with Crippen LogP contribution in [0, 0.1) is 6.92 Å². The number of aromatic nitrogens is 3. The predicted octanol–water partition coefficient (Wildman–Crippen LogP) is 5.52. The minimum atomic E-state index is -4.39. The van der Waals surface area contributed by atoms with Crippen molar-refractivity contribution in [3.05, 3.63) is 63.6 Å². The number of halogens is 4. The molecule has 1 atom stereocenters. The SMILES string of the molecule is Cc1c([C@@H](C)/N=c2\ncn(C3CC3)c3cnc(Br)cc23)cccc1C(F)(F)F. The normalized spacial score (nSPS) is 16.6. The standard InChI is InChI=1S/C20H18BrF3N4/c1-11-14(4-3-5-16(11)20(22,23)24)12(2)27-19-15-8-18(21)25-9-17(15)28(10-26-19)13-6-7-13/h3-5,8-10,12-13H,6-7H2,1-2H3/b27-19-/t12-/m1/s1. The van der Waals surface area contributed by atoms with E-state index in [1.54, 1.807) is 25.5 Å². The molecule has 0 spiro atoms. The van der Waals surface area contributed by atoms with Crippen molar-refractivity contribution in [2.75, 3.05) is 0 Å². The molecular formula is C20H18BrF3N4. The zero-order valence-corrected chi connectivity index (χ0v) is 16.9. The van der Waals surface area contributed by atoms with Crippen LogP contribution in [0.3, 0.4) is 0 Å². The Bertz CT molecular complexity index is 1120. The minimum Gasteiger partial charge on any atom is -0.327 e. The molecule has 1 aromatic carbocycles. The third-order valence-corrected chi connectivity index (χ3v) is 5.49. The first-order valence-corrected chi connectivity index (χ1v) is 9.78. The van der Waals surface area contributed by atoms with Gasteiger partial charge >= 0.3 is 6.18 Å². The number of benzene rings is 1. The Hall–Kier alpha value is -2.22. The summed E-state index contributed by atoms with van der Waals surface area (Å²) in [4.78, 5) is 13.5. The molecule has 4 rings (SSSR count). The molecule has 2 heterocycles. The molecule has 3 aromatic rings. The van der Waals surface area contributed by atoms with Crippen molar-refractivity contribution < 1.29 is 13.2 Å². The minimum absolute atomic E-state index is 0.197. The van der Waals surface area contributed by atoms with Gasteiger partial charge in [0.25, 0.3) is 0 Å². The van der Waals surface area contributed by atoms with Crippen LogP contribution < -0.4 is 5.49 Å². The second-order valence-electron chi connectivity index (χ2n) is 7.05. The van der Waals surface area contributed by atoms with E-state index in [4.69, 9.17) is 0 Å². The summed E-state index contributed by atoms with van der Waals surface area (Å²) in [6.07, 6.45) is 1.35. The summed E-state index contributed by atoms with van der Waals surface area (Å²) < 4.78 is 42.5. The first kappa shape index (κ1) is 19.1. The van der Waals surface area contributed by atoms with Gasteiger partial charge in [-0.3, -0.25) is 4.99 Å². The van der Waals surface area contributed by atoms with Gasteiger partial charge in [-0.05, 0) is 65.9 Å². The fourth-order valence-electron chi connectivity index (χ4n) is 3.47. The van der Waals surface area contributed by atoms with Crippen LogP contribution in [-0.2, 0) is 6.18 Å². The number of hydrogen-bond donors (Lipinski definition) is 0. The Balaban J connectivity index is 1.85. The zero-order chi connectivity index (χ0) is 20.1. The van der Waals surface area contributed by atoms with E-state index in [1.165, 1.54) is 13.0 Å². The molecule has 0 saturated heterocycles. The number of alkyl halides is 3. The molecule has 2 aromatic heterocycles. The van der Waals surface area contributed by atoms with Crippen molar-refractivity contribution >= 4 is 26.8 Å². The maximum absolute atomic E-state index is 13.2. The van der Waals surface area contributed by atoms with E-state index < -0.39 is 17.8 Å². The van der Waals surface area contributed by atoms with Crippen molar-refractivity contribution in [2.24, 2.45) is 4.99 Å².